The summed E-state index contributed by atoms with van der Waals surface area (Å²) in [5.74, 6) is 0.111. The summed E-state index contributed by atoms with van der Waals surface area (Å²) in [5, 5.41) is 6.89. The van der Waals surface area contributed by atoms with Crippen LogP contribution >= 0.6 is 22.9 Å². The van der Waals surface area contributed by atoms with Crippen molar-refractivity contribution in [1.29, 1.82) is 0 Å². The highest BCUT2D eigenvalue weighted by atomic mass is 35.5. The second kappa shape index (κ2) is 8.79. The molecule has 0 atom stereocenters. The third kappa shape index (κ3) is 4.55. The Balaban J connectivity index is 1.53. The van der Waals surface area contributed by atoms with Gasteiger partial charge in [0.05, 0.1) is 12.1 Å². The molecule has 31 heavy (non-hydrogen) atoms. The molecule has 0 aliphatic carbocycles. The Morgan fingerprint density at radius 1 is 0.903 bits per heavy atom. The summed E-state index contributed by atoms with van der Waals surface area (Å²) in [5.41, 5.74) is 2.71. The van der Waals surface area contributed by atoms with E-state index in [2.05, 4.69) is 10.6 Å². The predicted molar refractivity (Wildman–Crippen MR) is 127 cm³/mol. The van der Waals surface area contributed by atoms with Crippen molar-refractivity contribution in [3.8, 4) is 5.75 Å². The number of fused-ring (bicyclic) bond motifs is 1. The molecule has 3 aromatic carbocycles. The summed E-state index contributed by atoms with van der Waals surface area (Å²) in [6.07, 6.45) is 0. The van der Waals surface area contributed by atoms with Crippen molar-refractivity contribution in [2.75, 3.05) is 17.7 Å². The van der Waals surface area contributed by atoms with Gasteiger partial charge in [-0.15, -0.1) is 11.3 Å². The number of benzene rings is 3. The zero-order valence-corrected chi connectivity index (χ0v) is 18.4. The highest BCUT2D eigenvalue weighted by Gasteiger charge is 2.18. The smallest absolute Gasteiger partial charge is 0.267 e. The standard InChI is InChI=1S/C24H19ClN2O3S/c1-14-5-3-7-16(11-14)26-23(28)15-6-4-8-17(12-15)27-24(29)22-21(25)19-10-9-18(30-2)13-20(19)31-22/h3-13H,1-2H3,(H,26,28)(H,27,29). The van der Waals surface area contributed by atoms with Gasteiger partial charge in [0.1, 0.15) is 10.6 Å². The van der Waals surface area contributed by atoms with Gasteiger partial charge in [0.15, 0.2) is 0 Å². The number of carbonyl (C=O) groups is 2. The normalized spacial score (nSPS) is 10.7. The third-order valence-electron chi connectivity index (χ3n) is 4.70. The molecule has 4 aromatic rings. The average Bonchev–Trinajstić information content (AvgIpc) is 3.10. The molecule has 0 fully saturated rings. The van der Waals surface area contributed by atoms with Crippen molar-refractivity contribution in [3.63, 3.8) is 0 Å². The second-order valence-electron chi connectivity index (χ2n) is 6.97. The summed E-state index contributed by atoms with van der Waals surface area (Å²) >= 11 is 7.73. The zero-order chi connectivity index (χ0) is 22.0. The molecule has 2 N–H and O–H groups in total. The van der Waals surface area contributed by atoms with Crippen LogP contribution in [-0.2, 0) is 0 Å². The average molecular weight is 451 g/mol. The van der Waals surface area contributed by atoms with Crippen LogP contribution in [0.4, 0.5) is 11.4 Å². The molecule has 0 bridgehead atoms. The van der Waals surface area contributed by atoms with Gasteiger partial charge in [-0.2, -0.15) is 0 Å². The van der Waals surface area contributed by atoms with Crippen molar-refractivity contribution in [2.45, 2.75) is 6.92 Å². The van der Waals surface area contributed by atoms with Gasteiger partial charge in [-0.05, 0) is 61.0 Å². The number of amides is 2. The van der Waals surface area contributed by atoms with E-state index in [0.29, 0.717) is 32.6 Å². The number of ether oxygens (including phenoxy) is 1. The minimum atomic E-state index is -0.332. The highest BCUT2D eigenvalue weighted by Crippen LogP contribution is 2.37. The van der Waals surface area contributed by atoms with Crippen LogP contribution < -0.4 is 15.4 Å². The number of thiophene rings is 1. The fraction of sp³-hybridized carbons (Fsp3) is 0.0833. The van der Waals surface area contributed by atoms with E-state index in [9.17, 15) is 9.59 Å². The molecule has 0 aliphatic rings. The van der Waals surface area contributed by atoms with E-state index in [1.54, 1.807) is 37.4 Å². The summed E-state index contributed by atoms with van der Waals surface area (Å²) in [4.78, 5) is 25.9. The summed E-state index contributed by atoms with van der Waals surface area (Å²) in [6.45, 7) is 1.96. The first kappa shape index (κ1) is 20.9. The van der Waals surface area contributed by atoms with Crippen molar-refractivity contribution in [2.24, 2.45) is 0 Å². The van der Waals surface area contributed by atoms with E-state index in [1.165, 1.54) is 11.3 Å². The molecule has 0 saturated carbocycles. The van der Waals surface area contributed by atoms with Crippen LogP contribution in [-0.4, -0.2) is 18.9 Å². The number of rotatable bonds is 5. The van der Waals surface area contributed by atoms with Crippen LogP contribution in [0.3, 0.4) is 0 Å². The molecule has 156 valence electrons. The van der Waals surface area contributed by atoms with E-state index >= 15 is 0 Å². The maximum absolute atomic E-state index is 12.9. The first-order chi connectivity index (χ1) is 14.9. The Bertz CT molecular complexity index is 1300. The molecule has 4 rings (SSSR count). The van der Waals surface area contributed by atoms with Crippen LogP contribution in [0.5, 0.6) is 5.75 Å². The number of hydrogen-bond acceptors (Lipinski definition) is 4. The zero-order valence-electron chi connectivity index (χ0n) is 16.9. The Morgan fingerprint density at radius 2 is 1.61 bits per heavy atom. The number of halogens is 1. The molecule has 7 heteroatoms. The minimum Gasteiger partial charge on any atom is -0.497 e. The number of aryl methyl sites for hydroxylation is 1. The molecular formula is C24H19ClN2O3S. The molecule has 0 unspecified atom stereocenters. The first-order valence-electron chi connectivity index (χ1n) is 9.50. The molecular weight excluding hydrogens is 432 g/mol. The quantitative estimate of drug-likeness (QED) is 0.371. The molecule has 0 radical (unpaired) electrons. The van der Waals surface area contributed by atoms with E-state index in [0.717, 1.165) is 15.6 Å². The number of anilines is 2. The number of hydrogen-bond donors (Lipinski definition) is 2. The van der Waals surface area contributed by atoms with Crippen molar-refractivity contribution >= 4 is 56.2 Å². The lowest BCUT2D eigenvalue weighted by Crippen LogP contribution is -2.14. The Morgan fingerprint density at radius 3 is 2.35 bits per heavy atom. The Hall–Kier alpha value is -3.35. The SMILES string of the molecule is COc1ccc2c(Cl)c(C(=O)Nc3cccc(C(=O)Nc4cccc(C)c4)c3)sc2c1. The second-order valence-corrected chi connectivity index (χ2v) is 8.40. The fourth-order valence-corrected chi connectivity index (χ4v) is 4.61. The van der Waals surface area contributed by atoms with Crippen LogP contribution in [0.1, 0.15) is 25.6 Å². The van der Waals surface area contributed by atoms with Gasteiger partial charge in [-0.3, -0.25) is 9.59 Å². The third-order valence-corrected chi connectivity index (χ3v) is 6.36. The van der Waals surface area contributed by atoms with Crippen LogP contribution in [0.25, 0.3) is 10.1 Å². The molecule has 1 aromatic heterocycles. The molecule has 2 amide bonds. The Kier molecular flexibility index (Phi) is 5.93. The molecule has 0 spiro atoms. The van der Waals surface area contributed by atoms with E-state index in [4.69, 9.17) is 16.3 Å². The highest BCUT2D eigenvalue weighted by molar-refractivity contribution is 7.21. The summed E-state index contributed by atoms with van der Waals surface area (Å²) in [7, 11) is 1.59. The maximum atomic E-state index is 12.9. The van der Waals surface area contributed by atoms with Gasteiger partial charge >= 0.3 is 0 Å². The van der Waals surface area contributed by atoms with Crippen molar-refractivity contribution < 1.29 is 14.3 Å². The molecule has 0 saturated heterocycles. The molecule has 0 aliphatic heterocycles. The van der Waals surface area contributed by atoms with Gasteiger partial charge in [-0.1, -0.05) is 29.8 Å². The van der Waals surface area contributed by atoms with Gasteiger partial charge < -0.3 is 15.4 Å². The van der Waals surface area contributed by atoms with Crippen LogP contribution in [0, 0.1) is 6.92 Å². The lowest BCUT2D eigenvalue weighted by molar-refractivity contribution is 0.101. The van der Waals surface area contributed by atoms with Gasteiger partial charge in [0, 0.05) is 27.0 Å². The fourth-order valence-electron chi connectivity index (χ4n) is 3.17. The number of methoxy groups -OCH3 is 1. The van der Waals surface area contributed by atoms with Gasteiger partial charge in [-0.25, -0.2) is 0 Å². The number of nitrogens with one attached hydrogen (secondary N) is 2. The van der Waals surface area contributed by atoms with Crippen molar-refractivity contribution in [3.05, 3.63) is 87.8 Å². The summed E-state index contributed by atoms with van der Waals surface area (Å²) < 4.78 is 6.10. The first-order valence-corrected chi connectivity index (χ1v) is 10.7. The largest absolute Gasteiger partial charge is 0.497 e. The van der Waals surface area contributed by atoms with Gasteiger partial charge in [0.25, 0.3) is 11.8 Å². The van der Waals surface area contributed by atoms with E-state index in [-0.39, 0.29) is 11.8 Å². The molecule has 5 nitrogen and oxygen atoms in total. The predicted octanol–water partition coefficient (Wildman–Crippen LogP) is 6.38. The topological polar surface area (TPSA) is 67.4 Å². The lowest BCUT2D eigenvalue weighted by atomic mass is 10.1. The lowest BCUT2D eigenvalue weighted by Gasteiger charge is -2.08. The van der Waals surface area contributed by atoms with E-state index in [1.807, 2.05) is 43.3 Å². The number of carbonyl (C=O) groups excluding carboxylic acids is 2. The van der Waals surface area contributed by atoms with Crippen LogP contribution in [0.15, 0.2) is 66.7 Å². The van der Waals surface area contributed by atoms with E-state index < -0.39 is 0 Å². The van der Waals surface area contributed by atoms with Crippen molar-refractivity contribution in [1.82, 2.24) is 0 Å². The maximum Gasteiger partial charge on any atom is 0.267 e. The monoisotopic (exact) mass is 450 g/mol. The minimum absolute atomic E-state index is 0.256. The molecule has 1 heterocycles. The van der Waals surface area contributed by atoms with Gasteiger partial charge in [0.2, 0.25) is 0 Å². The van der Waals surface area contributed by atoms with Crippen LogP contribution in [0.2, 0.25) is 5.02 Å². The summed E-state index contributed by atoms with van der Waals surface area (Å²) in [6, 6.07) is 19.8. The Labute approximate surface area is 188 Å².